The zero-order chi connectivity index (χ0) is 142. The summed E-state index contributed by atoms with van der Waals surface area (Å²) in [6.45, 7) is 3.45. The minimum Gasteiger partial charge on any atom is -0.309 e. The van der Waals surface area contributed by atoms with Crippen LogP contribution >= 0.6 is 0 Å². The second-order valence-electron chi connectivity index (χ2n) is 34.5. The highest BCUT2D eigenvalue weighted by molar-refractivity contribution is 6.20. The molecule has 9 aromatic heterocycles. The summed E-state index contributed by atoms with van der Waals surface area (Å²) >= 11 is 0. The maximum atomic E-state index is 9.93. The molecule has 1 aliphatic rings. The number of benzene rings is 22. The first-order chi connectivity index (χ1) is 94.2. The molecule has 0 unspecified atom stereocenters. The Kier molecular flexibility index (Phi) is 9.72. The van der Waals surface area contributed by atoms with Crippen LogP contribution in [0, 0.1) is 13.8 Å². The van der Waals surface area contributed by atoms with E-state index < -0.39 is 436 Å². The summed E-state index contributed by atoms with van der Waals surface area (Å²) in [5, 5.41) is 1.41. The minimum absolute atomic E-state index is 0.0439. The van der Waals surface area contributed by atoms with Crippen LogP contribution in [-0.2, 0) is 6.42 Å². The molecule has 0 saturated heterocycles. The molecule has 144 heavy (non-hydrogen) atoms. The van der Waals surface area contributed by atoms with Crippen molar-refractivity contribution in [1.82, 2.24) is 41.1 Å². The lowest BCUT2D eigenvalue weighted by Gasteiger charge is -2.22. The van der Waals surface area contributed by atoms with Gasteiger partial charge in [0.05, 0.1) is 203 Å². The summed E-state index contributed by atoms with van der Waals surface area (Å²) in [6.07, 6.45) is -0.487. The van der Waals surface area contributed by atoms with Gasteiger partial charge >= 0.3 is 0 Å². The third-order valence-electron chi connectivity index (χ3n) is 26.9. The topological polar surface area (TPSA) is 44.4 Å². The van der Waals surface area contributed by atoms with E-state index in [1.807, 2.05) is 66.7 Å². The fourth-order valence-corrected chi connectivity index (χ4v) is 21.0. The smallest absolute Gasteiger partial charge is 0.0702 e. The SMILES string of the molecule is [2H]c1c([2H])c(-n2c3c([2H])c([2H])c([2H])c([2H])c3c3c([2H])c([2H])c([2H])c([2H])c32)c([2H])c(-n2c3c([2H])c([2H])c([2H])c([2H])c3c3c([2H])c(-n4c5c([2H])c([2H])c([2H])c([2H])c5c5c([2H])c(C)c([2H])c([2H])c54)c([2H])c([2H])c32)c1[2H].[2H]c1c([2H])c([2H])c(-n2c3c([2H])c([2H])c([2H])c([2H])c3c3c4c(c([2H])c([2H])c32)-n2c3c([2H])c([2H])c([2H])c([2H])c3c3c([2H])c([2H])c([2H])c(c32)C4)c(-n2c3c([2H])c([2H])c([2H])c([2H])c3c3c([2H])c([2H])c([2H])c([2H])c32)c1[2H].[2H]c1ccc2c(c1)c1cc(C)ccc1n2-c1ccc2c(c1)c1cc([2H])ccc1n2-c1ccccc1-c1ccccc1-n1c2ccc([2H])cc2c2cc([2H])ccc21. The molecule has 0 radical (unpaired) electrons. The van der Waals surface area contributed by atoms with Gasteiger partial charge in [-0.25, -0.2) is 0 Å². The molecule has 0 amide bonds. The molecule has 32 rings (SSSR count). The van der Waals surface area contributed by atoms with Crippen molar-refractivity contribution >= 4 is 196 Å². The molecular formula is C135H89N9. The average molecular weight is 1890 g/mol. The van der Waals surface area contributed by atoms with E-state index >= 15 is 0 Å². The molecule has 9 heteroatoms. The van der Waals surface area contributed by atoms with Crippen LogP contribution in [-0.4, -0.2) is 41.1 Å². The average Bonchev–Trinajstić information content (AvgIpc) is 1.51. The maximum Gasteiger partial charge on any atom is 0.0702 e. The molecule has 22 aromatic carbocycles. The van der Waals surface area contributed by atoms with E-state index in [0.29, 0.717) is 24.2 Å². The van der Waals surface area contributed by atoms with Crippen LogP contribution in [0.25, 0.3) is 259 Å². The van der Waals surface area contributed by atoms with Gasteiger partial charge in [0.1, 0.15) is 0 Å². The Morgan fingerprint density at radius 2 is 0.535 bits per heavy atom. The first kappa shape index (κ1) is 44.0. The van der Waals surface area contributed by atoms with Crippen molar-refractivity contribution in [2.24, 2.45) is 0 Å². The van der Waals surface area contributed by atoms with Crippen molar-refractivity contribution in [3.8, 4) is 62.3 Å². The van der Waals surface area contributed by atoms with Crippen molar-refractivity contribution in [2.75, 3.05) is 0 Å². The highest BCUT2D eigenvalue weighted by Gasteiger charge is 2.30. The summed E-state index contributed by atoms with van der Waals surface area (Å²) in [4.78, 5) is 0. The first-order valence-corrected chi connectivity index (χ1v) is 45.3. The highest BCUT2D eigenvalue weighted by Crippen LogP contribution is 2.50. The van der Waals surface area contributed by atoms with E-state index in [4.69, 9.17) is 53.5 Å². The van der Waals surface area contributed by atoms with Crippen molar-refractivity contribution in [3.05, 3.63) is 512 Å². The Balaban J connectivity index is 0.000000127. The van der Waals surface area contributed by atoms with Crippen LogP contribution in [0.2, 0.25) is 0 Å². The molecule has 0 fully saturated rings. The summed E-state index contributed by atoms with van der Waals surface area (Å²) in [6, 6.07) is 13.6. The molecular weight excluding hydrogens is 1750 g/mol. The maximum absolute atomic E-state index is 9.93. The molecule has 0 aliphatic carbocycles. The minimum atomic E-state index is -1.04. The summed E-state index contributed by atoms with van der Waals surface area (Å²) in [5.74, 6) is 0. The Morgan fingerprint density at radius 1 is 0.181 bits per heavy atom. The van der Waals surface area contributed by atoms with E-state index in [0.717, 1.165) is 116 Å². The number of nitrogens with zero attached hydrogens (tertiary/aromatic N) is 9. The Hall–Kier alpha value is -19.0. The fourth-order valence-electron chi connectivity index (χ4n) is 21.0. The summed E-state index contributed by atoms with van der Waals surface area (Å²) in [7, 11) is 0. The lowest BCUT2D eigenvalue weighted by molar-refractivity contribution is 1.05. The highest BCUT2D eigenvalue weighted by atomic mass is 15.1. The van der Waals surface area contributed by atoms with Crippen LogP contribution in [0.3, 0.4) is 0 Å². The zero-order valence-electron chi connectivity index (χ0n) is 130. The molecule has 0 N–H and O–H groups in total. The van der Waals surface area contributed by atoms with E-state index in [9.17, 15) is 21.9 Å². The predicted octanol–water partition coefficient (Wildman–Crippen LogP) is 35.1. The van der Waals surface area contributed by atoms with Gasteiger partial charge in [-0.2, -0.15) is 0 Å². The number of para-hydroxylation sites is 17. The van der Waals surface area contributed by atoms with E-state index in [-0.39, 0.29) is 60.3 Å². The standard InChI is InChI=1S/C49H33N3.C43H27N3.C43H29N3/c1-32-26-28-48-40(30-32)38-18-6-8-20-42(38)50(48)33-27-29-49-41(31-33)39-19-7-13-25-47(39)52(49)46-24-12-5-17-37(46)36-16-4-11-23-45(36)51-43-21-9-2-14-34(43)35-15-3-10-22-44(35)51;1-5-18-34-28(13-1)29-14-2-6-19-35(29)44(34)39-22-9-10-23-40(39)45-37-21-8-4-16-32(37)42-33-26-27-12-11-17-31-30-15-3-7-20-36(30)46(43(27)31)38(33)24-25-41(42)45;1-28-21-23-42-36(25-28)34-15-4-8-19-40(34)46(42)31-22-24-43-37(27-31)35-16-5-9-20-41(35)45(43)30-12-10-11-29(26-30)44-38-17-6-2-13-32(38)33-14-3-7-18-39(33)44/h2-31H,1H3;1-25H,26H2;2-27H,1H3/i2D,3D,6D,7D;1D,2D,3D,4D,5D,6D,7D,8D,9D,10D,11D,12D,13D,14D,15D,16D,17D,18D,19D,20D,21D,22D,23D,24D,25D;2D,3D,4D,5D,6D,7D,8D,9D,10D,11D,12D,13D,14D,15D,16D,17D,18D,19D,20D,21D,22D,23D,24D,25D,26D,27D. The van der Waals surface area contributed by atoms with Crippen molar-refractivity contribution < 1.29 is 75.4 Å². The normalized spacial score (nSPS) is 17.6. The number of hydrogen-bond acceptors (Lipinski definition) is 0. The molecule has 9 nitrogen and oxygen atoms in total. The third kappa shape index (κ3) is 12.0. The number of hydrogen-bond donors (Lipinski definition) is 0. The van der Waals surface area contributed by atoms with E-state index in [2.05, 4.69) is 112 Å². The Labute approximate surface area is 905 Å². The monoisotopic (exact) mass is 1890 g/mol. The quantitative estimate of drug-likeness (QED) is 0.138. The number of aromatic nitrogens is 9. The van der Waals surface area contributed by atoms with Crippen LogP contribution in [0.5, 0.6) is 0 Å². The van der Waals surface area contributed by atoms with Crippen molar-refractivity contribution in [3.63, 3.8) is 0 Å². The van der Waals surface area contributed by atoms with Gasteiger partial charge in [-0.3, -0.25) is 0 Å². The number of rotatable bonds is 9. The lowest BCUT2D eigenvalue weighted by atomic mass is 9.93. The van der Waals surface area contributed by atoms with Gasteiger partial charge in [-0.1, -0.05) is 314 Å². The van der Waals surface area contributed by atoms with Crippen LogP contribution in [0.4, 0.5) is 0 Å². The number of aryl methyl sites for hydroxylation is 1. The van der Waals surface area contributed by atoms with Crippen LogP contribution < -0.4 is 0 Å². The van der Waals surface area contributed by atoms with Gasteiger partial charge in [-0.15, -0.1) is 0 Å². The molecule has 10 heterocycles. The van der Waals surface area contributed by atoms with Crippen molar-refractivity contribution in [2.45, 2.75) is 20.3 Å². The predicted molar refractivity (Wildman–Crippen MR) is 606 cm³/mol. The molecule has 1 aliphatic heterocycles. The first-order valence-electron chi connectivity index (χ1n) is 72.8. The molecule has 0 atom stereocenters. The Morgan fingerprint density at radius 3 is 1.06 bits per heavy atom. The molecule has 31 aromatic rings. The number of fused-ring (bicyclic) bond motifs is 30. The van der Waals surface area contributed by atoms with Crippen molar-refractivity contribution in [1.29, 1.82) is 0 Å². The van der Waals surface area contributed by atoms with Gasteiger partial charge in [0.2, 0.25) is 0 Å². The van der Waals surface area contributed by atoms with Gasteiger partial charge < -0.3 is 41.1 Å². The lowest BCUT2D eigenvalue weighted by Crippen LogP contribution is -2.08. The second kappa shape index (κ2) is 31.8. The largest absolute Gasteiger partial charge is 0.309 e. The van der Waals surface area contributed by atoms with Gasteiger partial charge in [0.15, 0.2) is 0 Å². The van der Waals surface area contributed by atoms with Crippen LogP contribution in [0.1, 0.15) is 97.6 Å². The van der Waals surface area contributed by atoms with Gasteiger partial charge in [0.25, 0.3) is 0 Å². The van der Waals surface area contributed by atoms with Crippen LogP contribution in [0.15, 0.2) is 490 Å². The molecule has 0 spiro atoms. The molecule has 0 saturated carbocycles. The van der Waals surface area contributed by atoms with Gasteiger partial charge in [-0.05, 0) is 213 Å². The summed E-state index contributed by atoms with van der Waals surface area (Å²) in [5.41, 5.74) is 2.06. The molecule has 674 valence electrons. The summed E-state index contributed by atoms with van der Waals surface area (Å²) < 4.78 is 507. The second-order valence-corrected chi connectivity index (χ2v) is 34.5. The zero-order valence-corrected chi connectivity index (χ0v) is 74.7. The fraction of sp³-hybridized carbons (Fsp3) is 0.0222. The van der Waals surface area contributed by atoms with E-state index in [1.54, 1.807) is 0 Å². The Bertz CT molecular complexity index is 14100. The third-order valence-corrected chi connectivity index (χ3v) is 26.9. The van der Waals surface area contributed by atoms with E-state index in [1.165, 1.54) is 17.1 Å². The molecule has 0 bridgehead atoms. The van der Waals surface area contributed by atoms with Gasteiger partial charge in [0, 0.05) is 137 Å².